The van der Waals surface area contributed by atoms with Gasteiger partial charge >= 0.3 is 6.18 Å². The van der Waals surface area contributed by atoms with Crippen molar-refractivity contribution in [2.45, 2.75) is 37.2 Å². The van der Waals surface area contributed by atoms with Gasteiger partial charge in [0.05, 0.1) is 28.6 Å². The van der Waals surface area contributed by atoms with E-state index in [-0.39, 0.29) is 46.5 Å². The summed E-state index contributed by atoms with van der Waals surface area (Å²) in [7, 11) is 0. The standard InChI is InChI=1S/C25H24ClF3N6O4/c26-17-7-19-23(34-22(17)13-2-1-3-14(6-13)25(27,28)29)32-15-4-5-18(35(19)9-15)24(38)33-20-8-21(31-12-30-20)39-11-16(37)10-36/h1-3,6-8,12,15-16,18,36-37H,4-5,9-11H2,(H,32,34)(H,30,31,33,38)/t15-,16+,18?/m0/s1. The van der Waals surface area contributed by atoms with Crippen LogP contribution in [0.5, 0.6) is 5.88 Å². The highest BCUT2D eigenvalue weighted by molar-refractivity contribution is 6.33. The third-order valence-corrected chi connectivity index (χ3v) is 6.77. The van der Waals surface area contributed by atoms with E-state index in [1.165, 1.54) is 24.5 Å². The van der Waals surface area contributed by atoms with Gasteiger partial charge in [-0.05, 0) is 31.0 Å². The number of amides is 1. The Bertz CT molecular complexity index is 1380. The first-order valence-corrected chi connectivity index (χ1v) is 12.5. The lowest BCUT2D eigenvalue weighted by Gasteiger charge is -2.45. The number of nitrogens with one attached hydrogen (secondary N) is 2. The van der Waals surface area contributed by atoms with Gasteiger partial charge in [-0.3, -0.25) is 4.79 Å². The lowest BCUT2D eigenvalue weighted by Crippen LogP contribution is -2.55. The van der Waals surface area contributed by atoms with Gasteiger partial charge in [0.2, 0.25) is 11.8 Å². The van der Waals surface area contributed by atoms with E-state index in [1.54, 1.807) is 6.07 Å². The van der Waals surface area contributed by atoms with Crippen molar-refractivity contribution in [1.29, 1.82) is 0 Å². The van der Waals surface area contributed by atoms with Crippen LogP contribution in [0.2, 0.25) is 5.02 Å². The van der Waals surface area contributed by atoms with Gasteiger partial charge in [-0.25, -0.2) is 15.0 Å². The number of pyridine rings is 1. The minimum Gasteiger partial charge on any atom is -0.475 e. The van der Waals surface area contributed by atoms with E-state index in [2.05, 4.69) is 25.6 Å². The molecule has 2 bridgehead atoms. The van der Waals surface area contributed by atoms with E-state index in [0.29, 0.717) is 30.9 Å². The summed E-state index contributed by atoms with van der Waals surface area (Å²) >= 11 is 6.51. The number of anilines is 3. The van der Waals surface area contributed by atoms with Gasteiger partial charge in [0.1, 0.15) is 30.9 Å². The number of benzene rings is 1. The summed E-state index contributed by atoms with van der Waals surface area (Å²) in [6.07, 6.45) is -3.20. The predicted molar refractivity (Wildman–Crippen MR) is 137 cm³/mol. The first kappa shape index (κ1) is 26.9. The number of piperidine rings is 1. The second-order valence-corrected chi connectivity index (χ2v) is 9.64. The van der Waals surface area contributed by atoms with Gasteiger partial charge in [0, 0.05) is 24.2 Å². The van der Waals surface area contributed by atoms with Crippen LogP contribution in [0, 0.1) is 0 Å². The molecule has 1 fully saturated rings. The van der Waals surface area contributed by atoms with Crippen LogP contribution in [0.15, 0.2) is 42.7 Å². The highest BCUT2D eigenvalue weighted by Crippen LogP contribution is 2.42. The van der Waals surface area contributed by atoms with E-state index in [9.17, 15) is 23.1 Å². The number of rotatable bonds is 7. The van der Waals surface area contributed by atoms with Crippen LogP contribution in [0.25, 0.3) is 11.3 Å². The fourth-order valence-electron chi connectivity index (χ4n) is 4.60. The first-order valence-electron chi connectivity index (χ1n) is 12.1. The topological polar surface area (TPSA) is 133 Å². The monoisotopic (exact) mass is 564 g/mol. The summed E-state index contributed by atoms with van der Waals surface area (Å²) in [6.45, 7) is -0.147. The number of nitrogens with zero attached hydrogens (tertiary/aromatic N) is 4. The molecule has 0 saturated carbocycles. The fraction of sp³-hybridized carbons (Fsp3) is 0.360. The van der Waals surface area contributed by atoms with E-state index < -0.39 is 30.5 Å². The van der Waals surface area contributed by atoms with Gasteiger partial charge in [-0.2, -0.15) is 13.2 Å². The van der Waals surface area contributed by atoms with Crippen LogP contribution in [0.1, 0.15) is 18.4 Å². The van der Waals surface area contributed by atoms with Crippen molar-refractivity contribution in [2.75, 3.05) is 35.3 Å². The molecule has 2 aromatic heterocycles. The largest absolute Gasteiger partial charge is 0.475 e. The highest BCUT2D eigenvalue weighted by Gasteiger charge is 2.39. The van der Waals surface area contributed by atoms with E-state index in [4.69, 9.17) is 21.4 Å². The van der Waals surface area contributed by atoms with Crippen LogP contribution in [-0.2, 0) is 11.0 Å². The van der Waals surface area contributed by atoms with Crippen LogP contribution < -0.4 is 20.3 Å². The van der Waals surface area contributed by atoms with Crippen molar-refractivity contribution < 1.29 is 32.9 Å². The van der Waals surface area contributed by atoms with E-state index in [1.807, 2.05) is 4.90 Å². The third kappa shape index (κ3) is 5.84. The number of carbonyl (C=O) groups is 1. The van der Waals surface area contributed by atoms with Crippen LogP contribution in [0.4, 0.5) is 30.5 Å². The predicted octanol–water partition coefficient (Wildman–Crippen LogP) is 3.34. The zero-order chi connectivity index (χ0) is 27.7. The quantitative estimate of drug-likeness (QED) is 0.341. The summed E-state index contributed by atoms with van der Waals surface area (Å²) in [4.78, 5) is 27.7. The molecule has 39 heavy (non-hydrogen) atoms. The lowest BCUT2D eigenvalue weighted by molar-refractivity contribution is -0.137. The van der Waals surface area contributed by atoms with Crippen molar-refractivity contribution in [3.05, 3.63) is 53.3 Å². The number of aliphatic hydroxyl groups is 2. The SMILES string of the molecule is O=C(Nc1cc(OC[C@H](O)CO)ncn1)C1CC[C@H]2CN1c1cc(Cl)c(-c3cccc(C(F)(F)F)c3)nc1N2. The number of carbonyl (C=O) groups excluding carboxylic acids is 1. The molecule has 4 N–H and O–H groups in total. The number of halogens is 4. The summed E-state index contributed by atoms with van der Waals surface area (Å²) in [5, 5.41) is 24.6. The molecule has 0 aliphatic carbocycles. The molecule has 1 saturated heterocycles. The molecule has 206 valence electrons. The minimum absolute atomic E-state index is 0.0124. The fourth-order valence-corrected chi connectivity index (χ4v) is 4.86. The van der Waals surface area contributed by atoms with Gasteiger partial charge in [0.25, 0.3) is 0 Å². The summed E-state index contributed by atoms with van der Waals surface area (Å²) in [6, 6.07) is 7.22. The van der Waals surface area contributed by atoms with E-state index in [0.717, 1.165) is 12.1 Å². The molecule has 5 rings (SSSR count). The Morgan fingerprint density at radius 3 is 2.85 bits per heavy atom. The molecule has 3 aromatic rings. The van der Waals surface area contributed by atoms with Gasteiger partial charge in [0.15, 0.2) is 5.82 Å². The average molecular weight is 565 g/mol. The average Bonchev–Trinajstić information content (AvgIpc) is 2.92. The number of fused-ring (bicyclic) bond motifs is 4. The molecule has 14 heteroatoms. The number of aliphatic hydroxyl groups excluding tert-OH is 2. The zero-order valence-electron chi connectivity index (χ0n) is 20.3. The summed E-state index contributed by atoms with van der Waals surface area (Å²) in [5.74, 6) is 0.402. The third-order valence-electron chi connectivity index (χ3n) is 6.48. The molecule has 1 aromatic carbocycles. The van der Waals surface area contributed by atoms with Crippen molar-refractivity contribution in [2.24, 2.45) is 0 Å². The van der Waals surface area contributed by atoms with Crippen LogP contribution in [0.3, 0.4) is 0 Å². The Morgan fingerprint density at radius 2 is 2.08 bits per heavy atom. The smallest absolute Gasteiger partial charge is 0.416 e. The Kier molecular flexibility index (Phi) is 7.47. The van der Waals surface area contributed by atoms with Crippen molar-refractivity contribution in [1.82, 2.24) is 15.0 Å². The van der Waals surface area contributed by atoms with Crippen molar-refractivity contribution in [3.63, 3.8) is 0 Å². The normalized spacial score (nSPS) is 19.1. The zero-order valence-corrected chi connectivity index (χ0v) is 21.1. The lowest BCUT2D eigenvalue weighted by atomic mass is 9.94. The van der Waals surface area contributed by atoms with Crippen molar-refractivity contribution >= 4 is 34.8 Å². The molecule has 10 nitrogen and oxygen atoms in total. The number of ether oxygens (including phenoxy) is 1. The molecular formula is C25H24ClF3N6O4. The Labute approximate surface area is 225 Å². The number of aromatic nitrogens is 3. The molecular weight excluding hydrogens is 541 g/mol. The molecule has 1 amide bonds. The maximum Gasteiger partial charge on any atom is 0.416 e. The number of hydrogen-bond donors (Lipinski definition) is 4. The summed E-state index contributed by atoms with van der Waals surface area (Å²) in [5.41, 5.74) is 0.198. The van der Waals surface area contributed by atoms with Crippen molar-refractivity contribution in [3.8, 4) is 17.1 Å². The number of alkyl halides is 3. The Balaban J connectivity index is 1.37. The number of hydrogen-bond acceptors (Lipinski definition) is 9. The van der Waals surface area contributed by atoms with Gasteiger partial charge in [-0.1, -0.05) is 23.7 Å². The summed E-state index contributed by atoms with van der Waals surface area (Å²) < 4.78 is 45.1. The van der Waals surface area contributed by atoms with Crippen LogP contribution >= 0.6 is 11.6 Å². The molecule has 2 aliphatic rings. The molecule has 3 atom stereocenters. The maximum atomic E-state index is 13.3. The highest BCUT2D eigenvalue weighted by atomic mass is 35.5. The second kappa shape index (κ2) is 10.8. The second-order valence-electron chi connectivity index (χ2n) is 9.23. The Morgan fingerprint density at radius 1 is 1.26 bits per heavy atom. The van der Waals surface area contributed by atoms with E-state index >= 15 is 0 Å². The molecule has 0 spiro atoms. The molecule has 4 heterocycles. The molecule has 0 radical (unpaired) electrons. The first-order chi connectivity index (χ1) is 18.6. The maximum absolute atomic E-state index is 13.3. The molecule has 1 unspecified atom stereocenters. The molecule has 2 aliphatic heterocycles. The van der Waals surface area contributed by atoms with Crippen LogP contribution in [-0.4, -0.2) is 69.0 Å². The van der Waals surface area contributed by atoms with Gasteiger partial charge < -0.3 is 30.5 Å². The minimum atomic E-state index is -4.50. The Hall–Kier alpha value is -3.68. The van der Waals surface area contributed by atoms with Gasteiger partial charge in [-0.15, -0.1) is 0 Å².